The summed E-state index contributed by atoms with van der Waals surface area (Å²) in [6.45, 7) is 5.52. The molecule has 0 unspecified atom stereocenters. The molecule has 0 aliphatic heterocycles. The van der Waals surface area contributed by atoms with Crippen LogP contribution in [-0.4, -0.2) is 42.5 Å². The summed E-state index contributed by atoms with van der Waals surface area (Å²) in [5.74, 6) is 0.107. The molecule has 116 valence electrons. The molecule has 7 heteroatoms. The first-order chi connectivity index (χ1) is 9.86. The van der Waals surface area contributed by atoms with Gasteiger partial charge in [0.1, 0.15) is 0 Å². The highest BCUT2D eigenvalue weighted by Crippen LogP contribution is 2.21. The minimum Gasteiger partial charge on any atom is -0.383 e. The Morgan fingerprint density at radius 2 is 2.14 bits per heavy atom. The molecule has 0 heterocycles. The lowest BCUT2D eigenvalue weighted by Crippen LogP contribution is -2.37. The number of rotatable bonds is 7. The van der Waals surface area contributed by atoms with Crippen LogP contribution in [0.25, 0.3) is 0 Å². The number of nitrogens with zero attached hydrogens (tertiary/aromatic N) is 2. The molecule has 0 saturated carbocycles. The molecular weight excluding hydrogens is 387 g/mol. The Hall–Kier alpha value is -1.22. The fourth-order valence-corrected chi connectivity index (χ4v) is 2.45. The average Bonchev–Trinajstić information content (AvgIpc) is 2.42. The lowest BCUT2D eigenvalue weighted by Gasteiger charge is -2.24. The smallest absolute Gasteiger partial charge is 0.270 e. The Morgan fingerprint density at radius 3 is 2.67 bits per heavy atom. The van der Waals surface area contributed by atoms with Crippen LogP contribution in [0, 0.1) is 19.6 Å². The molecule has 0 aromatic heterocycles. The van der Waals surface area contributed by atoms with Crippen LogP contribution in [-0.2, 0) is 4.74 Å². The van der Waals surface area contributed by atoms with E-state index in [2.05, 4.69) is 0 Å². The van der Waals surface area contributed by atoms with Gasteiger partial charge in [-0.3, -0.25) is 14.9 Å². The Morgan fingerprint density at radius 1 is 1.48 bits per heavy atom. The molecule has 0 radical (unpaired) electrons. The van der Waals surface area contributed by atoms with E-state index in [4.69, 9.17) is 4.74 Å². The molecule has 21 heavy (non-hydrogen) atoms. The van der Waals surface area contributed by atoms with Gasteiger partial charge in [0.25, 0.3) is 11.6 Å². The van der Waals surface area contributed by atoms with Gasteiger partial charge >= 0.3 is 0 Å². The third-order valence-corrected chi connectivity index (χ3v) is 3.77. The second-order valence-corrected chi connectivity index (χ2v) is 6.22. The molecule has 0 fully saturated rings. The SMILES string of the molecule is COCCN(CC(C)C)C(=O)c1cc([N+](=O)[O-])ccc1I. The lowest BCUT2D eigenvalue weighted by atomic mass is 10.1. The molecule has 1 amide bonds. The Kier molecular flexibility index (Phi) is 7.03. The second-order valence-electron chi connectivity index (χ2n) is 5.06. The summed E-state index contributed by atoms with van der Waals surface area (Å²) < 4.78 is 5.73. The minimum absolute atomic E-state index is 0.0741. The third kappa shape index (κ3) is 5.24. The number of nitro benzene ring substituents is 1. The zero-order chi connectivity index (χ0) is 16.0. The van der Waals surface area contributed by atoms with Gasteiger partial charge < -0.3 is 9.64 Å². The van der Waals surface area contributed by atoms with E-state index in [0.29, 0.717) is 34.7 Å². The van der Waals surface area contributed by atoms with Crippen molar-refractivity contribution in [2.45, 2.75) is 13.8 Å². The molecule has 1 rings (SSSR count). The first-order valence-corrected chi connectivity index (χ1v) is 7.66. The predicted octanol–water partition coefficient (Wildman–Crippen LogP) is 2.94. The number of carbonyl (C=O) groups is 1. The van der Waals surface area contributed by atoms with Crippen LogP contribution in [0.4, 0.5) is 5.69 Å². The van der Waals surface area contributed by atoms with Gasteiger partial charge in [0, 0.05) is 35.9 Å². The summed E-state index contributed by atoms with van der Waals surface area (Å²) in [6.07, 6.45) is 0. The van der Waals surface area contributed by atoms with Crippen molar-refractivity contribution in [3.8, 4) is 0 Å². The largest absolute Gasteiger partial charge is 0.383 e. The number of methoxy groups -OCH3 is 1. The predicted molar refractivity (Wildman–Crippen MR) is 88.4 cm³/mol. The highest BCUT2D eigenvalue weighted by molar-refractivity contribution is 14.1. The third-order valence-electron chi connectivity index (χ3n) is 2.83. The van der Waals surface area contributed by atoms with Crippen LogP contribution in [0.15, 0.2) is 18.2 Å². The maximum atomic E-state index is 12.6. The van der Waals surface area contributed by atoms with Crippen LogP contribution in [0.2, 0.25) is 0 Å². The van der Waals surface area contributed by atoms with Crippen molar-refractivity contribution >= 4 is 34.2 Å². The second kappa shape index (κ2) is 8.28. The van der Waals surface area contributed by atoms with E-state index < -0.39 is 4.92 Å². The standard InChI is InChI=1S/C14H19IN2O4/c1-10(2)9-16(6-7-21-3)14(18)12-8-11(17(19)20)4-5-13(12)15/h4-5,8,10H,6-7,9H2,1-3H3. The molecule has 0 atom stereocenters. The van der Waals surface area contributed by atoms with Crippen LogP contribution < -0.4 is 0 Å². The van der Waals surface area contributed by atoms with Crippen molar-refractivity contribution in [3.63, 3.8) is 0 Å². The van der Waals surface area contributed by atoms with Gasteiger partial charge in [-0.1, -0.05) is 13.8 Å². The van der Waals surface area contributed by atoms with Crippen LogP contribution in [0.1, 0.15) is 24.2 Å². The highest BCUT2D eigenvalue weighted by atomic mass is 127. The lowest BCUT2D eigenvalue weighted by molar-refractivity contribution is -0.384. The van der Waals surface area contributed by atoms with Crippen LogP contribution >= 0.6 is 22.6 Å². The number of benzene rings is 1. The quantitative estimate of drug-likeness (QED) is 0.397. The topological polar surface area (TPSA) is 72.7 Å². The highest BCUT2D eigenvalue weighted by Gasteiger charge is 2.21. The summed E-state index contributed by atoms with van der Waals surface area (Å²) in [6, 6.07) is 4.33. The summed E-state index contributed by atoms with van der Waals surface area (Å²) in [7, 11) is 1.58. The first kappa shape index (κ1) is 17.8. The number of hydrogen-bond acceptors (Lipinski definition) is 4. The van der Waals surface area contributed by atoms with Crippen molar-refractivity contribution in [2.75, 3.05) is 26.8 Å². The first-order valence-electron chi connectivity index (χ1n) is 6.59. The molecule has 0 aliphatic rings. The van der Waals surface area contributed by atoms with Gasteiger partial charge in [-0.2, -0.15) is 0 Å². The van der Waals surface area contributed by atoms with Gasteiger partial charge in [0.15, 0.2) is 0 Å². The summed E-state index contributed by atoms with van der Waals surface area (Å²) >= 11 is 2.02. The number of carbonyl (C=O) groups excluding carboxylic acids is 1. The van der Waals surface area contributed by atoms with E-state index in [1.165, 1.54) is 12.1 Å². The summed E-state index contributed by atoms with van der Waals surface area (Å²) in [5, 5.41) is 10.9. The molecule has 1 aromatic rings. The number of amides is 1. The zero-order valence-corrected chi connectivity index (χ0v) is 14.5. The molecule has 0 saturated heterocycles. The number of non-ortho nitro benzene ring substituents is 1. The van der Waals surface area contributed by atoms with E-state index >= 15 is 0 Å². The number of halogens is 1. The van der Waals surface area contributed by atoms with Crippen molar-refractivity contribution < 1.29 is 14.5 Å². The van der Waals surface area contributed by atoms with Gasteiger partial charge in [-0.05, 0) is 34.6 Å². The van der Waals surface area contributed by atoms with E-state index in [1.807, 2.05) is 36.4 Å². The normalized spacial score (nSPS) is 10.7. The monoisotopic (exact) mass is 406 g/mol. The molecule has 0 N–H and O–H groups in total. The van der Waals surface area contributed by atoms with Gasteiger partial charge in [-0.15, -0.1) is 0 Å². The maximum absolute atomic E-state index is 12.6. The zero-order valence-electron chi connectivity index (χ0n) is 12.3. The van der Waals surface area contributed by atoms with Gasteiger partial charge in [-0.25, -0.2) is 0 Å². The fourth-order valence-electron chi connectivity index (χ4n) is 1.88. The molecule has 0 aliphatic carbocycles. The molecular formula is C14H19IN2O4. The molecule has 0 bridgehead atoms. The van der Waals surface area contributed by atoms with Crippen LogP contribution in [0.3, 0.4) is 0 Å². The summed E-state index contributed by atoms with van der Waals surface area (Å²) in [5.41, 5.74) is 0.288. The van der Waals surface area contributed by atoms with Crippen molar-refractivity contribution in [1.82, 2.24) is 4.90 Å². The Balaban J connectivity index is 3.06. The summed E-state index contributed by atoms with van der Waals surface area (Å²) in [4.78, 5) is 24.7. The van der Waals surface area contributed by atoms with Crippen molar-refractivity contribution in [2.24, 2.45) is 5.92 Å². The molecule has 1 aromatic carbocycles. The van der Waals surface area contributed by atoms with Gasteiger partial charge in [0.05, 0.1) is 17.1 Å². The van der Waals surface area contributed by atoms with Gasteiger partial charge in [0.2, 0.25) is 0 Å². The van der Waals surface area contributed by atoms with Crippen LogP contribution in [0.5, 0.6) is 0 Å². The number of nitro groups is 1. The van der Waals surface area contributed by atoms with E-state index in [-0.39, 0.29) is 11.6 Å². The molecule has 6 nitrogen and oxygen atoms in total. The maximum Gasteiger partial charge on any atom is 0.270 e. The van der Waals surface area contributed by atoms with Crippen molar-refractivity contribution in [1.29, 1.82) is 0 Å². The number of ether oxygens (including phenoxy) is 1. The van der Waals surface area contributed by atoms with E-state index in [0.717, 1.165) is 0 Å². The average molecular weight is 406 g/mol. The molecule has 0 spiro atoms. The Labute approximate surface area is 137 Å². The minimum atomic E-state index is -0.491. The van der Waals surface area contributed by atoms with E-state index in [1.54, 1.807) is 18.1 Å². The Bertz CT molecular complexity index is 520. The number of hydrogen-bond donors (Lipinski definition) is 0. The fraction of sp³-hybridized carbons (Fsp3) is 0.500. The van der Waals surface area contributed by atoms with E-state index in [9.17, 15) is 14.9 Å². The van der Waals surface area contributed by atoms with Crippen molar-refractivity contribution in [3.05, 3.63) is 37.4 Å².